The zero-order valence-corrected chi connectivity index (χ0v) is 18.5. The molecule has 0 amide bonds. The van der Waals surface area contributed by atoms with Gasteiger partial charge in [-0.3, -0.25) is 0 Å². The second kappa shape index (κ2) is 10.2. The highest BCUT2D eigenvalue weighted by atomic mass is 31.0. The molecule has 3 saturated carbocycles. The first-order valence-corrected chi connectivity index (χ1v) is 12.0. The standard InChI is InChI=1S/C19H35FP2.C2H6/c1-12-2-4-13(5-3-12)14-6-8-15(9-7-14)16-10-17(21)19(20)18(22)11-16;1-2/h12-19H,2-11,21-22H2,1H3;1-2H3. The summed E-state index contributed by atoms with van der Waals surface area (Å²) in [6.07, 6.45) is 13.3. The Labute approximate surface area is 155 Å². The molecule has 142 valence electrons. The minimum absolute atomic E-state index is 0.193. The van der Waals surface area contributed by atoms with Gasteiger partial charge in [0.25, 0.3) is 0 Å². The van der Waals surface area contributed by atoms with Crippen molar-refractivity contribution >= 4 is 18.5 Å². The van der Waals surface area contributed by atoms with E-state index >= 15 is 0 Å². The molecule has 0 bridgehead atoms. The average molecular weight is 375 g/mol. The first-order valence-electron chi connectivity index (χ1n) is 10.7. The highest BCUT2D eigenvalue weighted by Crippen LogP contribution is 2.47. The minimum atomic E-state index is -0.619. The van der Waals surface area contributed by atoms with E-state index < -0.39 is 6.17 Å². The summed E-state index contributed by atoms with van der Waals surface area (Å²) in [4.78, 5) is 0. The highest BCUT2D eigenvalue weighted by molar-refractivity contribution is 7.19. The second-order valence-corrected chi connectivity index (χ2v) is 10.4. The summed E-state index contributed by atoms with van der Waals surface area (Å²) >= 11 is 0. The third-order valence-corrected chi connectivity index (χ3v) is 8.46. The lowest BCUT2D eigenvalue weighted by Gasteiger charge is -2.43. The zero-order valence-electron chi connectivity index (χ0n) is 16.2. The minimum Gasteiger partial charge on any atom is -0.246 e. The van der Waals surface area contributed by atoms with Crippen LogP contribution in [0.15, 0.2) is 0 Å². The van der Waals surface area contributed by atoms with E-state index in [2.05, 4.69) is 25.4 Å². The Morgan fingerprint density at radius 1 is 0.625 bits per heavy atom. The van der Waals surface area contributed by atoms with E-state index in [1.54, 1.807) is 0 Å². The van der Waals surface area contributed by atoms with Crippen LogP contribution in [0, 0.1) is 29.6 Å². The molecule has 3 aliphatic carbocycles. The third kappa shape index (κ3) is 5.39. The Hall–Kier alpha value is 0.790. The van der Waals surface area contributed by atoms with Crippen LogP contribution < -0.4 is 0 Å². The van der Waals surface area contributed by atoms with Gasteiger partial charge in [-0.1, -0.05) is 33.6 Å². The SMILES string of the molecule is CC.CC1CCC(C2CCC(C3CC(P)C(F)C(P)C3)CC2)CC1. The normalized spacial score (nSPS) is 46.8. The van der Waals surface area contributed by atoms with Gasteiger partial charge in [0, 0.05) is 11.3 Å². The summed E-state index contributed by atoms with van der Waals surface area (Å²) in [6, 6.07) is 0. The van der Waals surface area contributed by atoms with Crippen molar-refractivity contribution in [2.45, 2.75) is 102 Å². The molecule has 0 aliphatic heterocycles. The van der Waals surface area contributed by atoms with E-state index in [4.69, 9.17) is 0 Å². The Morgan fingerprint density at radius 2 is 0.958 bits per heavy atom. The van der Waals surface area contributed by atoms with Crippen molar-refractivity contribution in [3.05, 3.63) is 0 Å². The van der Waals surface area contributed by atoms with Gasteiger partial charge in [-0.2, -0.15) is 0 Å². The summed E-state index contributed by atoms with van der Waals surface area (Å²) in [7, 11) is 5.56. The first kappa shape index (κ1) is 21.1. The van der Waals surface area contributed by atoms with Gasteiger partial charge in [-0.25, -0.2) is 4.39 Å². The van der Waals surface area contributed by atoms with Crippen LogP contribution in [0.1, 0.15) is 85.0 Å². The number of halogens is 1. The van der Waals surface area contributed by atoms with Gasteiger partial charge in [-0.05, 0) is 81.0 Å². The third-order valence-electron chi connectivity index (χ3n) is 7.18. The molecule has 0 N–H and O–H groups in total. The van der Waals surface area contributed by atoms with E-state index in [-0.39, 0.29) is 11.3 Å². The summed E-state index contributed by atoms with van der Waals surface area (Å²) < 4.78 is 14.0. The van der Waals surface area contributed by atoms with Gasteiger partial charge in [-0.15, -0.1) is 18.5 Å². The van der Waals surface area contributed by atoms with Crippen molar-refractivity contribution < 1.29 is 4.39 Å². The van der Waals surface area contributed by atoms with Crippen molar-refractivity contribution in [2.75, 3.05) is 0 Å². The molecule has 3 fully saturated rings. The molecule has 24 heavy (non-hydrogen) atoms. The van der Waals surface area contributed by atoms with Crippen LogP contribution >= 0.6 is 18.5 Å². The molecule has 0 nitrogen and oxygen atoms in total. The van der Waals surface area contributed by atoms with Crippen LogP contribution in [0.3, 0.4) is 0 Å². The van der Waals surface area contributed by atoms with Crippen LogP contribution in [0.5, 0.6) is 0 Å². The van der Waals surface area contributed by atoms with E-state index in [0.29, 0.717) is 0 Å². The van der Waals surface area contributed by atoms with Crippen molar-refractivity contribution in [2.24, 2.45) is 29.6 Å². The molecule has 3 heteroatoms. The molecular weight excluding hydrogens is 333 g/mol. The van der Waals surface area contributed by atoms with Crippen LogP contribution in [-0.4, -0.2) is 17.5 Å². The summed E-state index contributed by atoms with van der Waals surface area (Å²) in [6.45, 7) is 6.42. The average Bonchev–Trinajstić information content (AvgIpc) is 2.62. The first-order chi connectivity index (χ1) is 11.5. The second-order valence-electron chi connectivity index (χ2n) is 8.70. The fraction of sp³-hybridized carbons (Fsp3) is 1.00. The van der Waals surface area contributed by atoms with E-state index in [9.17, 15) is 4.39 Å². The molecule has 4 atom stereocenters. The lowest BCUT2D eigenvalue weighted by atomic mass is 9.65. The fourth-order valence-electron chi connectivity index (χ4n) is 5.60. The van der Waals surface area contributed by atoms with Gasteiger partial charge >= 0.3 is 0 Å². The highest BCUT2D eigenvalue weighted by Gasteiger charge is 2.39. The van der Waals surface area contributed by atoms with Gasteiger partial charge in [0.2, 0.25) is 0 Å². The van der Waals surface area contributed by atoms with Crippen molar-refractivity contribution in [3.63, 3.8) is 0 Å². The molecule has 4 unspecified atom stereocenters. The molecule has 0 heterocycles. The smallest absolute Gasteiger partial charge is 0.113 e. The quantitative estimate of drug-likeness (QED) is 0.462. The van der Waals surface area contributed by atoms with Crippen LogP contribution in [0.4, 0.5) is 4.39 Å². The molecule has 3 rings (SSSR count). The van der Waals surface area contributed by atoms with Crippen LogP contribution in [0.25, 0.3) is 0 Å². The maximum absolute atomic E-state index is 14.0. The Bertz CT molecular complexity index is 334. The topological polar surface area (TPSA) is 0 Å². The zero-order chi connectivity index (χ0) is 17.7. The van der Waals surface area contributed by atoms with Crippen LogP contribution in [0.2, 0.25) is 0 Å². The van der Waals surface area contributed by atoms with Gasteiger partial charge in [0.1, 0.15) is 6.17 Å². The molecule has 0 saturated heterocycles. The lowest BCUT2D eigenvalue weighted by Crippen LogP contribution is -2.39. The number of hydrogen-bond acceptors (Lipinski definition) is 0. The van der Waals surface area contributed by atoms with E-state index in [0.717, 1.165) is 42.4 Å². The largest absolute Gasteiger partial charge is 0.246 e. The predicted octanol–water partition coefficient (Wildman–Crippen LogP) is 6.88. The van der Waals surface area contributed by atoms with E-state index in [1.165, 1.54) is 51.4 Å². The molecular formula is C21H41FP2. The van der Waals surface area contributed by atoms with Gasteiger partial charge < -0.3 is 0 Å². The summed E-state index contributed by atoms with van der Waals surface area (Å²) in [5.41, 5.74) is 0.387. The molecule has 0 aromatic heterocycles. The fourth-order valence-corrected chi connectivity index (χ4v) is 7.13. The molecule has 0 spiro atoms. The summed E-state index contributed by atoms with van der Waals surface area (Å²) in [5.74, 6) is 4.69. The van der Waals surface area contributed by atoms with Crippen LogP contribution in [-0.2, 0) is 0 Å². The van der Waals surface area contributed by atoms with Gasteiger partial charge in [0.05, 0.1) is 0 Å². The molecule has 3 aliphatic rings. The molecule has 0 aromatic carbocycles. The molecule has 0 radical (unpaired) electrons. The van der Waals surface area contributed by atoms with Crippen molar-refractivity contribution in [3.8, 4) is 0 Å². The van der Waals surface area contributed by atoms with E-state index in [1.807, 2.05) is 13.8 Å². The maximum atomic E-state index is 14.0. The maximum Gasteiger partial charge on any atom is 0.113 e. The number of hydrogen-bond donors (Lipinski definition) is 0. The van der Waals surface area contributed by atoms with Gasteiger partial charge in [0.15, 0.2) is 0 Å². The Balaban J connectivity index is 0.00000100. The predicted molar refractivity (Wildman–Crippen MR) is 113 cm³/mol. The van der Waals surface area contributed by atoms with Crippen molar-refractivity contribution in [1.29, 1.82) is 0 Å². The monoisotopic (exact) mass is 374 g/mol. The lowest BCUT2D eigenvalue weighted by molar-refractivity contribution is 0.103. The van der Waals surface area contributed by atoms with Crippen molar-refractivity contribution in [1.82, 2.24) is 0 Å². The Kier molecular flexibility index (Phi) is 8.97. The molecule has 0 aromatic rings. The summed E-state index contributed by atoms with van der Waals surface area (Å²) in [5, 5.41) is 0. The number of rotatable bonds is 2. The number of alkyl halides is 1. The Morgan fingerprint density at radius 3 is 1.38 bits per heavy atom.